The van der Waals surface area contributed by atoms with Gasteiger partial charge >= 0.3 is 0 Å². The van der Waals surface area contributed by atoms with E-state index in [2.05, 4.69) is 26.8 Å². The van der Waals surface area contributed by atoms with Gasteiger partial charge in [0.15, 0.2) is 0 Å². The molecular weight excluding hydrogens is 368 g/mol. The third kappa shape index (κ3) is 3.94. The summed E-state index contributed by atoms with van der Waals surface area (Å²) in [6.07, 6.45) is 17.9. The van der Waals surface area contributed by atoms with Gasteiger partial charge in [-0.25, -0.2) is 0 Å². The van der Waals surface area contributed by atoms with Crippen LogP contribution in [-0.2, 0) is 0 Å². The third-order valence-electron chi connectivity index (χ3n) is 10.6. The molecule has 0 bridgehead atoms. The molecular formula is C28H48O2. The van der Waals surface area contributed by atoms with E-state index in [4.69, 9.17) is 0 Å². The minimum absolute atomic E-state index is 0.337. The lowest BCUT2D eigenvalue weighted by atomic mass is 9.46. The highest BCUT2D eigenvalue weighted by molar-refractivity contribution is 5.26. The molecule has 3 fully saturated rings. The van der Waals surface area contributed by atoms with Crippen molar-refractivity contribution in [2.24, 2.45) is 34.5 Å². The van der Waals surface area contributed by atoms with E-state index in [1.807, 2.05) is 13.8 Å². The Balaban J connectivity index is 1.44. The molecule has 172 valence electrons. The van der Waals surface area contributed by atoms with Crippen LogP contribution in [0, 0.1) is 34.5 Å². The number of rotatable bonds is 6. The Morgan fingerprint density at radius 2 is 1.80 bits per heavy atom. The first-order chi connectivity index (χ1) is 14.0. The average Bonchev–Trinajstić information content (AvgIpc) is 2.99. The molecule has 0 aromatic carbocycles. The van der Waals surface area contributed by atoms with Gasteiger partial charge in [0.1, 0.15) is 0 Å². The zero-order chi connectivity index (χ0) is 21.8. The van der Waals surface area contributed by atoms with E-state index in [1.165, 1.54) is 51.4 Å². The van der Waals surface area contributed by atoms with E-state index in [0.717, 1.165) is 55.8 Å². The average molecular weight is 417 g/mol. The zero-order valence-corrected chi connectivity index (χ0v) is 20.5. The number of hydrogen-bond acceptors (Lipinski definition) is 2. The normalized spacial score (nSPS) is 47.6. The van der Waals surface area contributed by atoms with Gasteiger partial charge in [0, 0.05) is 0 Å². The molecule has 30 heavy (non-hydrogen) atoms. The molecule has 0 heterocycles. The molecule has 8 atom stereocenters. The summed E-state index contributed by atoms with van der Waals surface area (Å²) in [6.45, 7) is 11.4. The van der Waals surface area contributed by atoms with Crippen molar-refractivity contribution >= 4 is 0 Å². The zero-order valence-electron chi connectivity index (χ0n) is 20.5. The number of aliphatic hydroxyl groups is 2. The molecule has 0 unspecified atom stereocenters. The summed E-state index contributed by atoms with van der Waals surface area (Å²) in [5, 5.41) is 21.3. The molecule has 3 saturated carbocycles. The monoisotopic (exact) mass is 416 g/mol. The van der Waals surface area contributed by atoms with E-state index in [-0.39, 0.29) is 0 Å². The molecule has 0 aromatic heterocycles. The first kappa shape index (κ1) is 22.8. The molecule has 0 amide bonds. The van der Waals surface area contributed by atoms with E-state index >= 15 is 0 Å². The van der Waals surface area contributed by atoms with Crippen LogP contribution in [-0.4, -0.2) is 21.4 Å². The summed E-state index contributed by atoms with van der Waals surface area (Å²) >= 11 is 0. The second-order valence-corrected chi connectivity index (χ2v) is 12.9. The lowest BCUT2D eigenvalue weighted by molar-refractivity contribution is -0.0665. The van der Waals surface area contributed by atoms with Gasteiger partial charge in [0.05, 0.1) is 11.2 Å². The summed E-state index contributed by atoms with van der Waals surface area (Å²) < 4.78 is 0. The highest BCUT2D eigenvalue weighted by atomic mass is 16.3. The summed E-state index contributed by atoms with van der Waals surface area (Å²) in [4.78, 5) is 0. The summed E-state index contributed by atoms with van der Waals surface area (Å²) in [7, 11) is 0. The van der Waals surface area contributed by atoms with Crippen molar-refractivity contribution in [1.29, 1.82) is 0 Å². The van der Waals surface area contributed by atoms with E-state index in [0.29, 0.717) is 10.8 Å². The van der Waals surface area contributed by atoms with Crippen LogP contribution in [0.15, 0.2) is 11.6 Å². The summed E-state index contributed by atoms with van der Waals surface area (Å²) in [5.41, 5.74) is 1.48. The number of fused-ring (bicyclic) bond motifs is 5. The summed E-state index contributed by atoms with van der Waals surface area (Å²) in [6, 6.07) is 0. The first-order valence-corrected chi connectivity index (χ1v) is 13.2. The van der Waals surface area contributed by atoms with Crippen LogP contribution in [0.4, 0.5) is 0 Å². The van der Waals surface area contributed by atoms with Gasteiger partial charge in [-0.05, 0) is 119 Å². The molecule has 0 radical (unpaired) electrons. The fraction of sp³-hybridized carbons (Fsp3) is 0.929. The lowest BCUT2D eigenvalue weighted by Crippen LogP contribution is -2.51. The van der Waals surface area contributed by atoms with Crippen molar-refractivity contribution < 1.29 is 10.2 Å². The van der Waals surface area contributed by atoms with E-state index in [9.17, 15) is 10.2 Å². The largest absolute Gasteiger partial charge is 0.390 e. The highest BCUT2D eigenvalue weighted by Crippen LogP contribution is 2.67. The molecule has 4 aliphatic rings. The van der Waals surface area contributed by atoms with Gasteiger partial charge in [0.2, 0.25) is 0 Å². The maximum Gasteiger partial charge on any atom is 0.0657 e. The maximum atomic E-state index is 10.7. The highest BCUT2D eigenvalue weighted by Gasteiger charge is 2.58. The van der Waals surface area contributed by atoms with Crippen LogP contribution in [0.1, 0.15) is 118 Å². The fourth-order valence-electron chi connectivity index (χ4n) is 8.78. The Labute approximate surface area is 185 Å². The Bertz CT molecular complexity index is 662. The minimum atomic E-state index is -0.487. The van der Waals surface area contributed by atoms with Crippen molar-refractivity contribution in [2.75, 3.05) is 0 Å². The van der Waals surface area contributed by atoms with Crippen molar-refractivity contribution in [3.63, 3.8) is 0 Å². The molecule has 4 aliphatic carbocycles. The quantitative estimate of drug-likeness (QED) is 0.456. The molecule has 2 nitrogen and oxygen atoms in total. The Morgan fingerprint density at radius 3 is 2.53 bits per heavy atom. The fourth-order valence-corrected chi connectivity index (χ4v) is 8.78. The SMILES string of the molecule is CCC[C@@](C)(O)CCC[C@H]1CC[C@H]2[C@@H]3CC=C4C[C@@](C)(O)CC[C@]4(C)[C@H]3CC[C@]12C. The van der Waals surface area contributed by atoms with Gasteiger partial charge in [-0.15, -0.1) is 0 Å². The summed E-state index contributed by atoms with van der Waals surface area (Å²) in [5.74, 6) is 3.42. The predicted molar refractivity (Wildman–Crippen MR) is 125 cm³/mol. The molecule has 0 spiro atoms. The second-order valence-electron chi connectivity index (χ2n) is 12.9. The van der Waals surface area contributed by atoms with Gasteiger partial charge in [0.25, 0.3) is 0 Å². The predicted octanol–water partition coefficient (Wildman–Crippen LogP) is 7.04. The van der Waals surface area contributed by atoms with Gasteiger partial charge in [-0.3, -0.25) is 0 Å². The van der Waals surface area contributed by atoms with Crippen LogP contribution in [0.25, 0.3) is 0 Å². The second kappa shape index (κ2) is 7.91. The van der Waals surface area contributed by atoms with Crippen molar-refractivity contribution in [1.82, 2.24) is 0 Å². The standard InChI is InChI=1S/C28H48O2/c1-6-14-25(2,29)15-7-8-20-10-12-23-22-11-9-21-19-26(3,30)17-18-28(21,5)24(22)13-16-27(20,23)4/h9,20,22-24,29-30H,6-8,10-19H2,1-5H3/t20-,22-,23-,24-,25+,26-,27+,28-/m0/s1. The van der Waals surface area contributed by atoms with E-state index < -0.39 is 11.2 Å². The topological polar surface area (TPSA) is 40.5 Å². The third-order valence-corrected chi connectivity index (χ3v) is 10.6. The van der Waals surface area contributed by atoms with Crippen LogP contribution in [0.2, 0.25) is 0 Å². The van der Waals surface area contributed by atoms with Crippen LogP contribution in [0.3, 0.4) is 0 Å². The van der Waals surface area contributed by atoms with E-state index in [1.54, 1.807) is 5.57 Å². The number of allylic oxidation sites excluding steroid dienone is 1. The molecule has 0 aromatic rings. The molecule has 0 aliphatic heterocycles. The number of hydrogen-bond donors (Lipinski definition) is 2. The molecule has 0 saturated heterocycles. The smallest absolute Gasteiger partial charge is 0.0657 e. The first-order valence-electron chi connectivity index (χ1n) is 13.2. The Hall–Kier alpha value is -0.340. The van der Waals surface area contributed by atoms with Gasteiger partial charge < -0.3 is 10.2 Å². The van der Waals surface area contributed by atoms with Gasteiger partial charge in [-0.2, -0.15) is 0 Å². The van der Waals surface area contributed by atoms with Crippen molar-refractivity contribution in [2.45, 2.75) is 129 Å². The Kier molecular flexibility index (Phi) is 6.02. The van der Waals surface area contributed by atoms with Gasteiger partial charge in [-0.1, -0.05) is 45.3 Å². The van der Waals surface area contributed by atoms with Crippen LogP contribution < -0.4 is 0 Å². The van der Waals surface area contributed by atoms with Crippen molar-refractivity contribution in [3.8, 4) is 0 Å². The maximum absolute atomic E-state index is 10.7. The molecule has 2 N–H and O–H groups in total. The van der Waals surface area contributed by atoms with Crippen LogP contribution >= 0.6 is 0 Å². The molecule has 2 heteroatoms. The minimum Gasteiger partial charge on any atom is -0.390 e. The molecule has 4 rings (SSSR count). The van der Waals surface area contributed by atoms with Crippen molar-refractivity contribution in [3.05, 3.63) is 11.6 Å². The van der Waals surface area contributed by atoms with Crippen LogP contribution in [0.5, 0.6) is 0 Å². The lowest BCUT2D eigenvalue weighted by Gasteiger charge is -2.59. The Morgan fingerprint density at radius 1 is 1.03 bits per heavy atom.